The fraction of sp³-hybridized carbons (Fsp3) is 0.600. The number of methoxy groups -OCH3 is 1. The van der Waals surface area contributed by atoms with Crippen LogP contribution in [0.2, 0.25) is 0 Å². The minimum Gasteiger partial charge on any atom is -0.482 e. The van der Waals surface area contributed by atoms with E-state index in [4.69, 9.17) is 9.47 Å². The largest absolute Gasteiger partial charge is 0.482 e. The number of para-hydroxylation sites is 2. The molecule has 2 atom stereocenters. The van der Waals surface area contributed by atoms with E-state index in [9.17, 15) is 13.2 Å². The molecule has 1 aliphatic rings. The number of ether oxygens (including phenoxy) is 2. The molecule has 0 saturated heterocycles. The van der Waals surface area contributed by atoms with Gasteiger partial charge in [0.1, 0.15) is 5.75 Å². The standard InChI is InChI=1S/C15H20F3NO2/c1-20-13-8-4-2-6-11(13)19-12-7-3-5-9-14(12)21-10-15(16,17)18/h3,5,7,9,11,13,19H,2,4,6,8,10H2,1H3. The first-order valence-electron chi connectivity index (χ1n) is 7.07. The van der Waals surface area contributed by atoms with Crippen molar-refractivity contribution in [1.82, 2.24) is 0 Å². The Kier molecular flexibility index (Phi) is 5.33. The van der Waals surface area contributed by atoms with Crippen molar-refractivity contribution in [3.63, 3.8) is 0 Å². The lowest BCUT2D eigenvalue weighted by Gasteiger charge is -2.32. The van der Waals surface area contributed by atoms with Crippen LogP contribution in [0.3, 0.4) is 0 Å². The number of hydrogen-bond acceptors (Lipinski definition) is 3. The lowest BCUT2D eigenvalue weighted by molar-refractivity contribution is -0.153. The van der Waals surface area contributed by atoms with Crippen molar-refractivity contribution in [1.29, 1.82) is 0 Å². The number of nitrogens with one attached hydrogen (secondary N) is 1. The summed E-state index contributed by atoms with van der Waals surface area (Å²) in [4.78, 5) is 0. The second kappa shape index (κ2) is 7.02. The summed E-state index contributed by atoms with van der Waals surface area (Å²) in [6, 6.07) is 6.80. The quantitative estimate of drug-likeness (QED) is 0.892. The maximum Gasteiger partial charge on any atom is 0.422 e. The van der Waals surface area contributed by atoms with Crippen LogP contribution < -0.4 is 10.1 Å². The zero-order valence-corrected chi connectivity index (χ0v) is 12.0. The summed E-state index contributed by atoms with van der Waals surface area (Å²) in [5.41, 5.74) is 0.579. The van der Waals surface area contributed by atoms with E-state index in [0.717, 1.165) is 25.7 Å². The fourth-order valence-electron chi connectivity index (χ4n) is 2.62. The van der Waals surface area contributed by atoms with Gasteiger partial charge in [-0.3, -0.25) is 0 Å². The van der Waals surface area contributed by atoms with Crippen LogP contribution in [-0.4, -0.2) is 32.0 Å². The number of rotatable bonds is 5. The predicted molar refractivity (Wildman–Crippen MR) is 74.7 cm³/mol. The van der Waals surface area contributed by atoms with E-state index in [-0.39, 0.29) is 17.9 Å². The minimum absolute atomic E-state index is 0.0782. The third kappa shape index (κ3) is 4.81. The van der Waals surface area contributed by atoms with Crippen LogP contribution in [-0.2, 0) is 4.74 Å². The molecule has 6 heteroatoms. The van der Waals surface area contributed by atoms with Gasteiger partial charge in [0.2, 0.25) is 0 Å². The highest BCUT2D eigenvalue weighted by Gasteiger charge is 2.29. The van der Waals surface area contributed by atoms with Crippen LogP contribution in [0, 0.1) is 0 Å². The first-order chi connectivity index (χ1) is 9.99. The molecule has 0 aromatic heterocycles. The number of alkyl halides is 3. The smallest absolute Gasteiger partial charge is 0.422 e. The van der Waals surface area contributed by atoms with Gasteiger partial charge in [-0.25, -0.2) is 0 Å². The molecule has 1 aliphatic carbocycles. The van der Waals surface area contributed by atoms with Crippen molar-refractivity contribution >= 4 is 5.69 Å². The molecule has 0 aliphatic heterocycles. The second-order valence-electron chi connectivity index (χ2n) is 5.21. The molecule has 118 valence electrons. The molecule has 1 aromatic carbocycles. The average molecular weight is 303 g/mol. The van der Waals surface area contributed by atoms with Crippen molar-refractivity contribution < 1.29 is 22.6 Å². The molecule has 1 fully saturated rings. The Morgan fingerprint density at radius 1 is 1.19 bits per heavy atom. The van der Waals surface area contributed by atoms with E-state index in [2.05, 4.69) is 5.32 Å². The average Bonchev–Trinajstić information content (AvgIpc) is 2.46. The van der Waals surface area contributed by atoms with Crippen molar-refractivity contribution in [2.75, 3.05) is 19.0 Å². The third-order valence-electron chi connectivity index (χ3n) is 3.62. The van der Waals surface area contributed by atoms with Crippen molar-refractivity contribution in [2.24, 2.45) is 0 Å². The van der Waals surface area contributed by atoms with E-state index in [1.165, 1.54) is 0 Å². The van der Waals surface area contributed by atoms with Gasteiger partial charge in [0.25, 0.3) is 0 Å². The Morgan fingerprint density at radius 3 is 2.62 bits per heavy atom. The summed E-state index contributed by atoms with van der Waals surface area (Å²) < 4.78 is 47.2. The van der Waals surface area contributed by atoms with Crippen LogP contribution in [0.15, 0.2) is 24.3 Å². The Hall–Kier alpha value is -1.43. The predicted octanol–water partition coefficient (Wildman–Crippen LogP) is 4.00. The maximum absolute atomic E-state index is 12.3. The molecule has 2 unspecified atom stereocenters. The number of halogens is 3. The van der Waals surface area contributed by atoms with Crippen molar-refractivity contribution in [2.45, 2.75) is 44.0 Å². The van der Waals surface area contributed by atoms with Gasteiger partial charge in [0, 0.05) is 7.11 Å². The molecule has 0 radical (unpaired) electrons. The molecular weight excluding hydrogens is 283 g/mol. The zero-order chi connectivity index (χ0) is 15.3. The van der Waals surface area contributed by atoms with Crippen LogP contribution in [0.4, 0.5) is 18.9 Å². The summed E-state index contributed by atoms with van der Waals surface area (Å²) in [5.74, 6) is 0.218. The normalized spacial score (nSPS) is 22.9. The van der Waals surface area contributed by atoms with Gasteiger partial charge in [-0.05, 0) is 25.0 Å². The molecule has 0 heterocycles. The van der Waals surface area contributed by atoms with Gasteiger partial charge in [-0.1, -0.05) is 25.0 Å². The SMILES string of the molecule is COC1CCCCC1Nc1ccccc1OCC(F)(F)F. The van der Waals surface area contributed by atoms with Crippen LogP contribution >= 0.6 is 0 Å². The molecule has 1 saturated carbocycles. The summed E-state index contributed by atoms with van der Waals surface area (Å²) >= 11 is 0. The second-order valence-corrected chi connectivity index (χ2v) is 5.21. The summed E-state index contributed by atoms with van der Waals surface area (Å²) in [7, 11) is 1.66. The Morgan fingerprint density at radius 2 is 1.90 bits per heavy atom. The summed E-state index contributed by atoms with van der Waals surface area (Å²) in [6.07, 6.45) is -0.167. The monoisotopic (exact) mass is 303 g/mol. The van der Waals surface area contributed by atoms with E-state index < -0.39 is 12.8 Å². The molecule has 1 N–H and O–H groups in total. The topological polar surface area (TPSA) is 30.5 Å². The van der Waals surface area contributed by atoms with E-state index in [0.29, 0.717) is 5.69 Å². The van der Waals surface area contributed by atoms with Crippen molar-refractivity contribution in [3.8, 4) is 5.75 Å². The molecular formula is C15H20F3NO2. The number of anilines is 1. The van der Waals surface area contributed by atoms with Crippen LogP contribution in [0.5, 0.6) is 5.75 Å². The van der Waals surface area contributed by atoms with Gasteiger partial charge in [-0.15, -0.1) is 0 Å². The van der Waals surface area contributed by atoms with E-state index in [1.807, 2.05) is 0 Å². The molecule has 1 aromatic rings. The number of hydrogen-bond donors (Lipinski definition) is 1. The molecule has 0 bridgehead atoms. The summed E-state index contributed by atoms with van der Waals surface area (Å²) in [5, 5.41) is 3.27. The highest BCUT2D eigenvalue weighted by Crippen LogP contribution is 2.30. The van der Waals surface area contributed by atoms with Gasteiger partial charge in [0.05, 0.1) is 17.8 Å². The zero-order valence-electron chi connectivity index (χ0n) is 12.0. The minimum atomic E-state index is -4.34. The Labute approximate surface area is 122 Å². The summed E-state index contributed by atoms with van der Waals surface area (Å²) in [6.45, 7) is -1.29. The van der Waals surface area contributed by atoms with E-state index >= 15 is 0 Å². The van der Waals surface area contributed by atoms with E-state index in [1.54, 1.807) is 31.4 Å². The van der Waals surface area contributed by atoms with Crippen molar-refractivity contribution in [3.05, 3.63) is 24.3 Å². The maximum atomic E-state index is 12.3. The number of benzene rings is 1. The lowest BCUT2D eigenvalue weighted by Crippen LogP contribution is -2.37. The highest BCUT2D eigenvalue weighted by molar-refractivity contribution is 5.57. The molecule has 0 spiro atoms. The molecule has 21 heavy (non-hydrogen) atoms. The Balaban J connectivity index is 2.05. The van der Waals surface area contributed by atoms with Crippen LogP contribution in [0.1, 0.15) is 25.7 Å². The molecule has 2 rings (SSSR count). The first-order valence-corrected chi connectivity index (χ1v) is 7.07. The van der Waals surface area contributed by atoms with Gasteiger partial charge < -0.3 is 14.8 Å². The molecule has 0 amide bonds. The van der Waals surface area contributed by atoms with Gasteiger partial charge in [0.15, 0.2) is 6.61 Å². The molecule has 3 nitrogen and oxygen atoms in total. The highest BCUT2D eigenvalue weighted by atomic mass is 19.4. The fourth-order valence-corrected chi connectivity index (χ4v) is 2.62. The lowest BCUT2D eigenvalue weighted by atomic mass is 9.92. The van der Waals surface area contributed by atoms with Gasteiger partial charge in [-0.2, -0.15) is 13.2 Å². The van der Waals surface area contributed by atoms with Crippen LogP contribution in [0.25, 0.3) is 0 Å². The third-order valence-corrected chi connectivity index (χ3v) is 3.62. The van der Waals surface area contributed by atoms with Gasteiger partial charge >= 0.3 is 6.18 Å². The Bertz CT molecular complexity index is 451. The first kappa shape index (κ1) is 15.9.